The van der Waals surface area contributed by atoms with Crippen molar-refractivity contribution in [3.63, 3.8) is 0 Å². The summed E-state index contributed by atoms with van der Waals surface area (Å²) < 4.78 is 10.9. The van der Waals surface area contributed by atoms with Gasteiger partial charge < -0.3 is 9.52 Å². The Balaban J connectivity index is 2.07. The Kier molecular flexibility index (Phi) is 3.56. The summed E-state index contributed by atoms with van der Waals surface area (Å²) in [6.45, 7) is -0.0849. The molecule has 3 rings (SSSR count). The van der Waals surface area contributed by atoms with E-state index in [0.717, 1.165) is 12.3 Å². The number of hydrogen-bond donors (Lipinski definition) is 1. The van der Waals surface area contributed by atoms with E-state index in [1.807, 2.05) is 0 Å². The zero-order valence-electron chi connectivity index (χ0n) is 11.0. The molecule has 0 bridgehead atoms. The van der Waals surface area contributed by atoms with Gasteiger partial charge in [-0.2, -0.15) is 0 Å². The van der Waals surface area contributed by atoms with E-state index in [2.05, 4.69) is 9.68 Å². The van der Waals surface area contributed by atoms with Gasteiger partial charge in [0, 0.05) is 11.6 Å². The molecule has 22 heavy (non-hydrogen) atoms. The standard InChI is InChI=1S/C14H9ClN2O5/c15-10-4-2-1-3-9(10)13-16-22-14(20)17(13)6-8-5-11(18)12(19)7-21-8/h1-5,7,19H,6H2. The second-order valence-corrected chi connectivity index (χ2v) is 4.84. The van der Waals surface area contributed by atoms with Gasteiger partial charge in [0.15, 0.2) is 11.6 Å². The van der Waals surface area contributed by atoms with Gasteiger partial charge in [-0.1, -0.05) is 28.9 Å². The highest BCUT2D eigenvalue weighted by Gasteiger charge is 2.16. The van der Waals surface area contributed by atoms with Gasteiger partial charge >= 0.3 is 5.76 Å². The fourth-order valence-electron chi connectivity index (χ4n) is 1.93. The Morgan fingerprint density at radius 3 is 2.77 bits per heavy atom. The Morgan fingerprint density at radius 1 is 1.27 bits per heavy atom. The van der Waals surface area contributed by atoms with Crippen LogP contribution in [0.2, 0.25) is 5.02 Å². The maximum atomic E-state index is 11.8. The van der Waals surface area contributed by atoms with E-state index in [4.69, 9.17) is 16.0 Å². The van der Waals surface area contributed by atoms with Crippen LogP contribution in [0.1, 0.15) is 5.76 Å². The molecule has 0 unspecified atom stereocenters. The van der Waals surface area contributed by atoms with Gasteiger partial charge in [0.25, 0.3) is 0 Å². The molecular weight excluding hydrogens is 312 g/mol. The summed E-state index contributed by atoms with van der Waals surface area (Å²) in [7, 11) is 0. The molecule has 3 aromatic rings. The average molecular weight is 321 g/mol. The molecule has 0 amide bonds. The zero-order valence-corrected chi connectivity index (χ0v) is 11.8. The maximum absolute atomic E-state index is 11.8. The Morgan fingerprint density at radius 2 is 2.05 bits per heavy atom. The molecule has 0 aliphatic rings. The van der Waals surface area contributed by atoms with Crippen LogP contribution in [0, 0.1) is 0 Å². The summed E-state index contributed by atoms with van der Waals surface area (Å²) in [6, 6.07) is 7.91. The molecule has 2 aromatic heterocycles. The minimum Gasteiger partial charge on any atom is -0.502 e. The highest BCUT2D eigenvalue weighted by Crippen LogP contribution is 2.25. The topological polar surface area (TPSA) is 98.5 Å². The van der Waals surface area contributed by atoms with E-state index in [-0.39, 0.29) is 18.1 Å². The summed E-state index contributed by atoms with van der Waals surface area (Å²) in [5.41, 5.74) is -0.0961. The molecule has 112 valence electrons. The SMILES string of the molecule is O=c1cc(Cn2c(-c3ccccc3Cl)noc2=O)occ1O. The Bertz CT molecular complexity index is 941. The van der Waals surface area contributed by atoms with Gasteiger partial charge in [-0.3, -0.25) is 9.32 Å². The van der Waals surface area contributed by atoms with Gasteiger partial charge in [-0.15, -0.1) is 0 Å². The van der Waals surface area contributed by atoms with Crippen LogP contribution in [0.3, 0.4) is 0 Å². The second kappa shape index (κ2) is 5.53. The van der Waals surface area contributed by atoms with Crippen LogP contribution < -0.4 is 11.2 Å². The number of rotatable bonds is 3. The fraction of sp³-hybridized carbons (Fsp3) is 0.0714. The number of hydrogen-bond acceptors (Lipinski definition) is 6. The molecule has 1 N–H and O–H groups in total. The first kappa shape index (κ1) is 14.2. The van der Waals surface area contributed by atoms with Crippen LogP contribution in [0.25, 0.3) is 11.4 Å². The number of benzene rings is 1. The molecule has 0 aliphatic heterocycles. The van der Waals surface area contributed by atoms with Crippen molar-refractivity contribution in [3.05, 3.63) is 68.2 Å². The third kappa shape index (κ3) is 2.53. The summed E-state index contributed by atoms with van der Waals surface area (Å²) in [6.07, 6.45) is 0.908. The van der Waals surface area contributed by atoms with Crippen molar-refractivity contribution in [2.24, 2.45) is 0 Å². The van der Waals surface area contributed by atoms with Crippen LogP contribution in [0.4, 0.5) is 0 Å². The first-order valence-electron chi connectivity index (χ1n) is 6.18. The molecule has 8 heteroatoms. The van der Waals surface area contributed by atoms with Crippen LogP contribution >= 0.6 is 11.6 Å². The largest absolute Gasteiger partial charge is 0.502 e. The molecule has 0 aliphatic carbocycles. The lowest BCUT2D eigenvalue weighted by molar-refractivity contribution is 0.371. The number of aromatic nitrogens is 2. The van der Waals surface area contributed by atoms with E-state index in [0.29, 0.717) is 10.6 Å². The third-order valence-corrected chi connectivity index (χ3v) is 3.31. The number of halogens is 1. The minimum absolute atomic E-state index is 0.0849. The molecule has 0 saturated heterocycles. The van der Waals surface area contributed by atoms with Crippen molar-refractivity contribution < 1.29 is 14.0 Å². The molecule has 0 spiro atoms. The van der Waals surface area contributed by atoms with Gasteiger partial charge in [0.1, 0.15) is 12.0 Å². The van der Waals surface area contributed by atoms with Crippen LogP contribution in [0.15, 0.2) is 55.1 Å². The van der Waals surface area contributed by atoms with E-state index >= 15 is 0 Å². The van der Waals surface area contributed by atoms with Crippen LogP contribution in [0.5, 0.6) is 5.75 Å². The molecular formula is C14H9ClN2O5. The smallest absolute Gasteiger partial charge is 0.442 e. The van der Waals surface area contributed by atoms with Crippen molar-refractivity contribution in [2.75, 3.05) is 0 Å². The average Bonchev–Trinajstić information content (AvgIpc) is 2.85. The minimum atomic E-state index is -0.717. The third-order valence-electron chi connectivity index (χ3n) is 2.98. The monoisotopic (exact) mass is 320 g/mol. The molecule has 2 heterocycles. The van der Waals surface area contributed by atoms with Crippen molar-refractivity contribution >= 4 is 11.6 Å². The summed E-state index contributed by atoms with van der Waals surface area (Å²) in [5.74, 6) is -0.842. The molecule has 7 nitrogen and oxygen atoms in total. The predicted octanol–water partition coefficient (Wildman–Crippen LogP) is 1.86. The van der Waals surface area contributed by atoms with E-state index < -0.39 is 16.9 Å². The van der Waals surface area contributed by atoms with Crippen LogP contribution in [-0.2, 0) is 6.54 Å². The fourth-order valence-corrected chi connectivity index (χ4v) is 2.15. The van der Waals surface area contributed by atoms with Gasteiger partial charge in [0.2, 0.25) is 5.43 Å². The molecule has 0 radical (unpaired) electrons. The number of aromatic hydroxyl groups is 1. The van der Waals surface area contributed by atoms with Crippen molar-refractivity contribution in [2.45, 2.75) is 6.54 Å². The first-order valence-corrected chi connectivity index (χ1v) is 6.56. The molecule has 0 atom stereocenters. The van der Waals surface area contributed by atoms with Gasteiger partial charge in [-0.05, 0) is 12.1 Å². The van der Waals surface area contributed by atoms with Crippen molar-refractivity contribution in [3.8, 4) is 17.1 Å². The normalized spacial score (nSPS) is 10.8. The van der Waals surface area contributed by atoms with E-state index in [1.54, 1.807) is 24.3 Å². The Labute approximate surface area is 128 Å². The predicted molar refractivity (Wildman–Crippen MR) is 77.0 cm³/mol. The second-order valence-electron chi connectivity index (χ2n) is 4.43. The zero-order chi connectivity index (χ0) is 15.7. The van der Waals surface area contributed by atoms with Crippen molar-refractivity contribution in [1.29, 1.82) is 0 Å². The van der Waals surface area contributed by atoms with E-state index in [1.165, 1.54) is 4.57 Å². The highest BCUT2D eigenvalue weighted by atomic mass is 35.5. The van der Waals surface area contributed by atoms with Crippen molar-refractivity contribution in [1.82, 2.24) is 9.72 Å². The molecule has 1 aromatic carbocycles. The van der Waals surface area contributed by atoms with Gasteiger partial charge in [0.05, 0.1) is 11.6 Å². The number of nitrogens with zero attached hydrogens (tertiary/aromatic N) is 2. The summed E-state index contributed by atoms with van der Waals surface area (Å²) in [4.78, 5) is 23.2. The van der Waals surface area contributed by atoms with E-state index in [9.17, 15) is 14.7 Å². The Hall–Kier alpha value is -2.80. The lowest BCUT2D eigenvalue weighted by Gasteiger charge is -2.05. The lowest BCUT2D eigenvalue weighted by Crippen LogP contribution is -2.17. The summed E-state index contributed by atoms with van der Waals surface area (Å²) in [5, 5.41) is 13.3. The van der Waals surface area contributed by atoms with Crippen LogP contribution in [-0.4, -0.2) is 14.8 Å². The molecule has 0 saturated carbocycles. The highest BCUT2D eigenvalue weighted by molar-refractivity contribution is 6.33. The summed E-state index contributed by atoms with van der Waals surface area (Å²) >= 11 is 6.09. The maximum Gasteiger partial charge on any atom is 0.442 e. The van der Waals surface area contributed by atoms with Gasteiger partial charge in [-0.25, -0.2) is 9.36 Å². The molecule has 0 fully saturated rings. The quantitative estimate of drug-likeness (QED) is 0.791. The first-order chi connectivity index (χ1) is 10.6. The lowest BCUT2D eigenvalue weighted by atomic mass is 10.2.